The van der Waals surface area contributed by atoms with E-state index in [0.717, 1.165) is 42.0 Å². The van der Waals surface area contributed by atoms with Crippen LogP contribution in [0.1, 0.15) is 43.0 Å². The highest BCUT2D eigenvalue weighted by molar-refractivity contribution is 7.89. The zero-order valence-electron chi connectivity index (χ0n) is 17.4. The van der Waals surface area contributed by atoms with Gasteiger partial charge in [-0.3, -0.25) is 9.69 Å². The molecule has 1 fully saturated rings. The first kappa shape index (κ1) is 21.6. The number of fused-ring (bicyclic) bond motifs is 1. The van der Waals surface area contributed by atoms with Crippen molar-refractivity contribution < 1.29 is 22.7 Å². The molecule has 2 atom stereocenters. The van der Waals surface area contributed by atoms with E-state index in [2.05, 4.69) is 10.2 Å². The number of hydrogen-bond donors (Lipinski definition) is 2. The maximum Gasteiger partial charge on any atom is 0.238 e. The molecule has 8 nitrogen and oxygen atoms in total. The number of nitrogens with two attached hydrogens (primary N) is 1. The molecule has 0 radical (unpaired) electrons. The molecule has 2 heterocycles. The molecular weight excluding hydrogens is 418 g/mol. The zero-order chi connectivity index (χ0) is 22.0. The quantitative estimate of drug-likeness (QED) is 0.705. The van der Waals surface area contributed by atoms with Gasteiger partial charge in [-0.25, -0.2) is 13.6 Å². The Kier molecular flexibility index (Phi) is 6.17. The van der Waals surface area contributed by atoms with Crippen LogP contribution in [-0.4, -0.2) is 45.5 Å². The van der Waals surface area contributed by atoms with E-state index in [-0.39, 0.29) is 22.9 Å². The van der Waals surface area contributed by atoms with Crippen molar-refractivity contribution in [3.05, 3.63) is 53.6 Å². The Labute approximate surface area is 182 Å². The minimum Gasteiger partial charge on any atom is -0.486 e. The van der Waals surface area contributed by atoms with Gasteiger partial charge in [-0.2, -0.15) is 0 Å². The van der Waals surface area contributed by atoms with Crippen molar-refractivity contribution >= 4 is 15.9 Å². The lowest BCUT2D eigenvalue weighted by Gasteiger charge is -2.26. The maximum absolute atomic E-state index is 12.7. The molecule has 0 saturated carbocycles. The van der Waals surface area contributed by atoms with Gasteiger partial charge in [-0.05, 0) is 61.7 Å². The van der Waals surface area contributed by atoms with Crippen molar-refractivity contribution in [2.45, 2.75) is 36.7 Å². The smallest absolute Gasteiger partial charge is 0.238 e. The second-order valence-electron chi connectivity index (χ2n) is 7.93. The average Bonchev–Trinajstić information content (AvgIpc) is 3.20. The largest absolute Gasteiger partial charge is 0.486 e. The molecule has 4 rings (SSSR count). The van der Waals surface area contributed by atoms with E-state index in [0.29, 0.717) is 19.8 Å². The van der Waals surface area contributed by atoms with E-state index in [1.165, 1.54) is 12.1 Å². The summed E-state index contributed by atoms with van der Waals surface area (Å²) in [6.07, 6.45) is 2.01. The van der Waals surface area contributed by atoms with Crippen LogP contribution in [0.5, 0.6) is 11.5 Å². The van der Waals surface area contributed by atoms with Gasteiger partial charge in [0, 0.05) is 6.04 Å². The zero-order valence-corrected chi connectivity index (χ0v) is 18.2. The van der Waals surface area contributed by atoms with Gasteiger partial charge in [-0.15, -0.1) is 0 Å². The summed E-state index contributed by atoms with van der Waals surface area (Å²) in [6.45, 7) is 4.11. The second-order valence-corrected chi connectivity index (χ2v) is 9.50. The second kappa shape index (κ2) is 8.86. The number of benzene rings is 2. The van der Waals surface area contributed by atoms with Crippen LogP contribution in [0, 0.1) is 0 Å². The lowest BCUT2D eigenvalue weighted by Crippen LogP contribution is -2.38. The number of amides is 1. The van der Waals surface area contributed by atoms with Crippen molar-refractivity contribution in [3.63, 3.8) is 0 Å². The number of sulfonamides is 1. The highest BCUT2D eigenvalue weighted by Gasteiger charge is 2.29. The lowest BCUT2D eigenvalue weighted by atomic mass is 10.0. The Morgan fingerprint density at radius 2 is 1.87 bits per heavy atom. The third kappa shape index (κ3) is 5.00. The number of nitrogens with one attached hydrogen (secondary N) is 1. The van der Waals surface area contributed by atoms with Crippen LogP contribution in [0.15, 0.2) is 47.4 Å². The molecule has 3 N–H and O–H groups in total. The van der Waals surface area contributed by atoms with Crippen molar-refractivity contribution in [3.8, 4) is 11.5 Å². The van der Waals surface area contributed by atoms with E-state index in [9.17, 15) is 13.2 Å². The van der Waals surface area contributed by atoms with Crippen molar-refractivity contribution in [1.29, 1.82) is 0 Å². The van der Waals surface area contributed by atoms with Gasteiger partial charge in [0.2, 0.25) is 15.9 Å². The highest BCUT2D eigenvalue weighted by atomic mass is 32.2. The number of carbonyl (C=O) groups is 1. The normalized spacial score (nSPS) is 19.7. The molecule has 2 aliphatic rings. The molecule has 1 amide bonds. The van der Waals surface area contributed by atoms with E-state index < -0.39 is 10.0 Å². The third-order valence-corrected chi connectivity index (χ3v) is 6.68. The number of hydrogen-bond acceptors (Lipinski definition) is 6. The minimum atomic E-state index is -3.73. The summed E-state index contributed by atoms with van der Waals surface area (Å²) in [4.78, 5) is 14.9. The van der Waals surface area contributed by atoms with E-state index in [1.54, 1.807) is 12.1 Å². The predicted molar refractivity (Wildman–Crippen MR) is 115 cm³/mol. The molecule has 0 aromatic heterocycles. The monoisotopic (exact) mass is 445 g/mol. The highest BCUT2D eigenvalue weighted by Crippen LogP contribution is 2.37. The van der Waals surface area contributed by atoms with Crippen LogP contribution in [0.25, 0.3) is 0 Å². The van der Waals surface area contributed by atoms with E-state index in [4.69, 9.17) is 14.6 Å². The standard InChI is InChI=1S/C22H27N3O5S/c1-15(16-4-7-18(8-5-16)31(23,27)28)24-22(26)14-25-10-2-3-19(25)17-6-9-20-21(13-17)30-12-11-29-20/h4-9,13,15,19H,2-3,10-12,14H2,1H3,(H,24,26)(H2,23,27,28)/t15-,19+/m0/s1. The summed E-state index contributed by atoms with van der Waals surface area (Å²) in [5.74, 6) is 1.45. The summed E-state index contributed by atoms with van der Waals surface area (Å²) >= 11 is 0. The molecule has 1 saturated heterocycles. The molecule has 31 heavy (non-hydrogen) atoms. The first-order chi connectivity index (χ1) is 14.8. The number of likely N-dealkylation sites (tertiary alicyclic amines) is 1. The number of carbonyl (C=O) groups excluding carboxylic acids is 1. The van der Waals surface area contributed by atoms with Crippen LogP contribution in [-0.2, 0) is 14.8 Å². The predicted octanol–water partition coefficient (Wildman–Crippen LogP) is 2.12. The molecule has 2 aliphatic heterocycles. The number of rotatable bonds is 6. The number of nitrogens with zero attached hydrogens (tertiary/aromatic N) is 1. The Morgan fingerprint density at radius 3 is 2.58 bits per heavy atom. The Bertz CT molecular complexity index is 1060. The van der Waals surface area contributed by atoms with Gasteiger partial charge < -0.3 is 14.8 Å². The maximum atomic E-state index is 12.7. The van der Waals surface area contributed by atoms with Crippen molar-refractivity contribution in [2.24, 2.45) is 5.14 Å². The van der Waals surface area contributed by atoms with Crippen LogP contribution in [0.3, 0.4) is 0 Å². The van der Waals surface area contributed by atoms with Gasteiger partial charge >= 0.3 is 0 Å². The van der Waals surface area contributed by atoms with Gasteiger partial charge in [0.25, 0.3) is 0 Å². The molecule has 0 unspecified atom stereocenters. The van der Waals surface area contributed by atoms with Gasteiger partial charge in [0.05, 0.1) is 17.5 Å². The molecule has 166 valence electrons. The lowest BCUT2D eigenvalue weighted by molar-refractivity contribution is -0.123. The summed E-state index contributed by atoms with van der Waals surface area (Å²) in [6, 6.07) is 12.1. The van der Waals surface area contributed by atoms with Gasteiger partial charge in [-0.1, -0.05) is 18.2 Å². The summed E-state index contributed by atoms with van der Waals surface area (Å²) in [7, 11) is -3.73. The first-order valence-corrected chi connectivity index (χ1v) is 11.9. The topological polar surface area (TPSA) is 111 Å². The fourth-order valence-electron chi connectivity index (χ4n) is 4.16. The molecular formula is C22H27N3O5S. The van der Waals surface area contributed by atoms with E-state index in [1.807, 2.05) is 25.1 Å². The van der Waals surface area contributed by atoms with Crippen LogP contribution >= 0.6 is 0 Å². The number of primary sulfonamides is 1. The average molecular weight is 446 g/mol. The fourth-order valence-corrected chi connectivity index (χ4v) is 4.68. The fraction of sp³-hybridized carbons (Fsp3) is 0.409. The number of ether oxygens (including phenoxy) is 2. The van der Waals surface area contributed by atoms with Crippen molar-refractivity contribution in [2.75, 3.05) is 26.3 Å². The Balaban J connectivity index is 1.38. The first-order valence-electron chi connectivity index (χ1n) is 10.4. The van der Waals surface area contributed by atoms with Crippen molar-refractivity contribution in [1.82, 2.24) is 10.2 Å². The molecule has 0 spiro atoms. The van der Waals surface area contributed by atoms with Gasteiger partial charge in [0.1, 0.15) is 13.2 Å². The van der Waals surface area contributed by atoms with E-state index >= 15 is 0 Å². The molecule has 0 aliphatic carbocycles. The molecule has 9 heteroatoms. The third-order valence-electron chi connectivity index (χ3n) is 5.75. The minimum absolute atomic E-state index is 0.0501. The van der Waals surface area contributed by atoms with Crippen LogP contribution < -0.4 is 19.9 Å². The SMILES string of the molecule is C[C@H](NC(=O)CN1CCC[C@@H]1c1ccc2c(c1)OCCO2)c1ccc(S(N)(=O)=O)cc1. The summed E-state index contributed by atoms with van der Waals surface area (Å²) in [5, 5.41) is 8.13. The molecule has 0 bridgehead atoms. The van der Waals surface area contributed by atoms with Gasteiger partial charge in [0.15, 0.2) is 11.5 Å². The molecule has 2 aromatic carbocycles. The summed E-state index contributed by atoms with van der Waals surface area (Å²) in [5.41, 5.74) is 1.94. The van der Waals surface area contributed by atoms with Crippen LogP contribution in [0.2, 0.25) is 0 Å². The van der Waals surface area contributed by atoms with Crippen LogP contribution in [0.4, 0.5) is 0 Å². The Hall–Kier alpha value is -2.62. The summed E-state index contributed by atoms with van der Waals surface area (Å²) < 4.78 is 34.1. The molecule has 2 aromatic rings. The Morgan fingerprint density at radius 1 is 1.16 bits per heavy atom.